The Labute approximate surface area is 132 Å². The first kappa shape index (κ1) is 18.0. The van der Waals surface area contributed by atoms with Crippen LogP contribution < -0.4 is 0 Å². The summed E-state index contributed by atoms with van der Waals surface area (Å²) in [7, 11) is -3.42. The van der Waals surface area contributed by atoms with Gasteiger partial charge in [-0.1, -0.05) is 26.7 Å². The van der Waals surface area contributed by atoms with Crippen molar-refractivity contribution in [3.8, 4) is 0 Å². The number of hydrogen-bond acceptors (Lipinski definition) is 3. The first-order valence-corrected chi connectivity index (χ1v) is 9.97. The Bertz CT molecular complexity index is 503. The summed E-state index contributed by atoms with van der Waals surface area (Å²) in [4.78, 5) is 1.19. The number of nitrogens with zero attached hydrogens (tertiary/aromatic N) is 1. The molecule has 0 aromatic carbocycles. The maximum atomic E-state index is 12.9. The normalized spacial score (nSPS) is 12.2. The SMILES string of the molecule is CCCCN(CCCC)S(=O)(=O)c1c(C)csc1CCl. The summed E-state index contributed by atoms with van der Waals surface area (Å²) in [5.74, 6) is 0.252. The fourth-order valence-electron chi connectivity index (χ4n) is 2.08. The topological polar surface area (TPSA) is 37.4 Å². The number of aryl methyl sites for hydroxylation is 1. The summed E-state index contributed by atoms with van der Waals surface area (Å²) in [6, 6.07) is 0. The molecule has 0 spiro atoms. The van der Waals surface area contributed by atoms with E-state index < -0.39 is 10.0 Å². The number of sulfonamides is 1. The summed E-state index contributed by atoms with van der Waals surface area (Å²) in [5, 5.41) is 1.88. The molecule has 1 aromatic heterocycles. The van der Waals surface area contributed by atoms with Crippen LogP contribution in [0.4, 0.5) is 0 Å². The Kier molecular flexibility index (Phi) is 7.51. The van der Waals surface area contributed by atoms with Gasteiger partial charge in [-0.3, -0.25) is 0 Å². The highest BCUT2D eigenvalue weighted by molar-refractivity contribution is 7.89. The Morgan fingerprint density at radius 2 is 1.75 bits per heavy atom. The van der Waals surface area contributed by atoms with Crippen LogP contribution in [0.2, 0.25) is 0 Å². The van der Waals surface area contributed by atoms with E-state index in [0.29, 0.717) is 18.0 Å². The molecule has 0 atom stereocenters. The first-order valence-electron chi connectivity index (χ1n) is 7.12. The summed E-state index contributed by atoms with van der Waals surface area (Å²) < 4.78 is 27.4. The lowest BCUT2D eigenvalue weighted by molar-refractivity contribution is 0.395. The van der Waals surface area contributed by atoms with Crippen LogP contribution in [-0.4, -0.2) is 25.8 Å². The predicted molar refractivity (Wildman–Crippen MR) is 87.2 cm³/mol. The molecule has 0 N–H and O–H groups in total. The predicted octanol–water partition coefficient (Wildman–Crippen LogP) is 4.39. The average Bonchev–Trinajstić information content (AvgIpc) is 2.80. The van der Waals surface area contributed by atoms with E-state index in [1.807, 2.05) is 12.3 Å². The van der Waals surface area contributed by atoms with Crippen LogP contribution in [0.5, 0.6) is 0 Å². The third-order valence-corrected chi connectivity index (χ3v) is 7.02. The van der Waals surface area contributed by atoms with Gasteiger partial charge in [-0.2, -0.15) is 4.31 Å². The second kappa shape index (κ2) is 8.37. The average molecular weight is 338 g/mol. The van der Waals surface area contributed by atoms with Crippen molar-refractivity contribution in [2.45, 2.75) is 57.2 Å². The van der Waals surface area contributed by atoms with Crippen molar-refractivity contribution < 1.29 is 8.42 Å². The summed E-state index contributed by atoms with van der Waals surface area (Å²) in [6.07, 6.45) is 3.76. The van der Waals surface area contributed by atoms with Crippen LogP contribution >= 0.6 is 22.9 Å². The molecule has 116 valence electrons. The van der Waals surface area contributed by atoms with E-state index in [4.69, 9.17) is 11.6 Å². The number of hydrogen-bond donors (Lipinski definition) is 0. The lowest BCUT2D eigenvalue weighted by atomic mass is 10.3. The number of alkyl halides is 1. The highest BCUT2D eigenvalue weighted by Crippen LogP contribution is 2.31. The van der Waals surface area contributed by atoms with Crippen molar-refractivity contribution in [3.05, 3.63) is 15.8 Å². The van der Waals surface area contributed by atoms with Crippen LogP contribution in [0.1, 0.15) is 50.0 Å². The molecule has 0 radical (unpaired) electrons. The lowest BCUT2D eigenvalue weighted by Gasteiger charge is -2.22. The summed E-state index contributed by atoms with van der Waals surface area (Å²) >= 11 is 7.32. The number of unbranched alkanes of at least 4 members (excludes halogenated alkanes) is 2. The lowest BCUT2D eigenvalue weighted by Crippen LogP contribution is -2.33. The van der Waals surface area contributed by atoms with Crippen LogP contribution in [0, 0.1) is 6.92 Å². The van der Waals surface area contributed by atoms with E-state index in [9.17, 15) is 8.42 Å². The zero-order chi connectivity index (χ0) is 15.2. The number of halogens is 1. The van der Waals surface area contributed by atoms with E-state index in [2.05, 4.69) is 13.8 Å². The Morgan fingerprint density at radius 1 is 1.20 bits per heavy atom. The Hall–Kier alpha value is -0.100. The van der Waals surface area contributed by atoms with Crippen molar-refractivity contribution in [1.29, 1.82) is 0 Å². The molecule has 0 aliphatic heterocycles. The summed E-state index contributed by atoms with van der Waals surface area (Å²) in [5.41, 5.74) is 0.809. The van der Waals surface area contributed by atoms with Gasteiger partial charge >= 0.3 is 0 Å². The van der Waals surface area contributed by atoms with Gasteiger partial charge in [-0.25, -0.2) is 8.42 Å². The quantitative estimate of drug-likeness (QED) is 0.627. The molecule has 0 fully saturated rings. The van der Waals surface area contributed by atoms with Gasteiger partial charge in [0, 0.05) is 18.0 Å². The zero-order valence-corrected chi connectivity index (χ0v) is 14.9. The first-order chi connectivity index (χ1) is 9.48. The van der Waals surface area contributed by atoms with Gasteiger partial charge in [0.1, 0.15) is 4.90 Å². The largest absolute Gasteiger partial charge is 0.244 e. The molecule has 3 nitrogen and oxygen atoms in total. The maximum Gasteiger partial charge on any atom is 0.244 e. The van der Waals surface area contributed by atoms with E-state index >= 15 is 0 Å². The smallest absolute Gasteiger partial charge is 0.207 e. The Morgan fingerprint density at radius 3 is 2.20 bits per heavy atom. The van der Waals surface area contributed by atoms with Gasteiger partial charge in [0.05, 0.1) is 5.88 Å². The molecule has 0 aliphatic carbocycles. The maximum absolute atomic E-state index is 12.9. The van der Waals surface area contributed by atoms with E-state index in [-0.39, 0.29) is 5.88 Å². The van der Waals surface area contributed by atoms with E-state index in [1.54, 1.807) is 4.31 Å². The second-order valence-electron chi connectivity index (χ2n) is 4.92. The molecule has 1 rings (SSSR count). The highest BCUT2D eigenvalue weighted by atomic mass is 35.5. The van der Waals surface area contributed by atoms with Gasteiger partial charge < -0.3 is 0 Å². The molecule has 0 bridgehead atoms. The molecule has 1 heterocycles. The van der Waals surface area contributed by atoms with Gasteiger partial charge in [-0.15, -0.1) is 22.9 Å². The molecule has 0 saturated heterocycles. The minimum Gasteiger partial charge on any atom is -0.207 e. The molecule has 1 aromatic rings. The molecule has 0 unspecified atom stereocenters. The van der Waals surface area contributed by atoms with Crippen molar-refractivity contribution in [2.24, 2.45) is 0 Å². The van der Waals surface area contributed by atoms with Crippen LogP contribution in [0.15, 0.2) is 10.3 Å². The highest BCUT2D eigenvalue weighted by Gasteiger charge is 2.28. The van der Waals surface area contributed by atoms with Gasteiger partial charge in [-0.05, 0) is 30.7 Å². The molecule has 20 heavy (non-hydrogen) atoms. The van der Waals surface area contributed by atoms with Gasteiger partial charge in [0.15, 0.2) is 0 Å². The fourth-order valence-corrected chi connectivity index (χ4v) is 5.60. The fraction of sp³-hybridized carbons (Fsp3) is 0.714. The molecule has 0 saturated carbocycles. The van der Waals surface area contributed by atoms with Crippen molar-refractivity contribution in [1.82, 2.24) is 4.31 Å². The van der Waals surface area contributed by atoms with Gasteiger partial charge in [0.2, 0.25) is 10.0 Å². The van der Waals surface area contributed by atoms with Crippen LogP contribution in [0.25, 0.3) is 0 Å². The third-order valence-electron chi connectivity index (χ3n) is 3.23. The van der Waals surface area contributed by atoms with E-state index in [0.717, 1.165) is 36.1 Å². The molecule has 0 amide bonds. The van der Waals surface area contributed by atoms with Crippen molar-refractivity contribution in [3.63, 3.8) is 0 Å². The number of rotatable bonds is 9. The molecule has 6 heteroatoms. The number of thiophene rings is 1. The monoisotopic (exact) mass is 337 g/mol. The summed E-state index contributed by atoms with van der Waals surface area (Å²) in [6.45, 7) is 7.18. The van der Waals surface area contributed by atoms with E-state index in [1.165, 1.54) is 11.3 Å². The molecular formula is C14H24ClNO2S2. The zero-order valence-electron chi connectivity index (χ0n) is 12.5. The molecule has 0 aliphatic rings. The second-order valence-corrected chi connectivity index (χ2v) is 8.02. The van der Waals surface area contributed by atoms with Crippen molar-refractivity contribution in [2.75, 3.05) is 13.1 Å². The minimum absolute atomic E-state index is 0.252. The third kappa shape index (κ3) is 4.20. The van der Waals surface area contributed by atoms with Crippen LogP contribution in [-0.2, 0) is 15.9 Å². The Balaban J connectivity index is 3.10. The van der Waals surface area contributed by atoms with Crippen molar-refractivity contribution >= 4 is 33.0 Å². The van der Waals surface area contributed by atoms with Gasteiger partial charge in [0.25, 0.3) is 0 Å². The molecular weight excluding hydrogens is 314 g/mol. The minimum atomic E-state index is -3.42. The van der Waals surface area contributed by atoms with Crippen LogP contribution in [0.3, 0.4) is 0 Å². The standard InChI is InChI=1S/C14H24ClNO2S2/c1-4-6-8-16(9-7-5-2)20(17,18)14-12(3)11-19-13(14)10-15/h11H,4-10H2,1-3H3.